The van der Waals surface area contributed by atoms with E-state index in [-0.39, 0.29) is 0 Å². The van der Waals surface area contributed by atoms with Crippen molar-refractivity contribution in [2.75, 3.05) is 0 Å². The molecule has 0 fully saturated rings. The summed E-state index contributed by atoms with van der Waals surface area (Å²) in [5.74, 6) is 0.582. The largest absolute Gasteiger partial charge is 0.366 e. The lowest BCUT2D eigenvalue weighted by Gasteiger charge is -2.11. The molecule has 0 bridgehead atoms. The van der Waals surface area contributed by atoms with E-state index in [2.05, 4.69) is 58.2 Å². The first-order valence-corrected chi connectivity index (χ1v) is 10.2. The van der Waals surface area contributed by atoms with Gasteiger partial charge in [0.25, 0.3) is 0 Å². The third kappa shape index (κ3) is 4.55. The predicted octanol–water partition coefficient (Wildman–Crippen LogP) is 5.09. The van der Waals surface area contributed by atoms with Gasteiger partial charge in [-0.25, -0.2) is 4.98 Å². The number of primary amides is 1. The molecule has 0 aliphatic rings. The molecular weight excluding hydrogens is 377 g/mol. The summed E-state index contributed by atoms with van der Waals surface area (Å²) in [5, 5.41) is 0.919. The van der Waals surface area contributed by atoms with E-state index in [1.165, 1.54) is 0 Å². The van der Waals surface area contributed by atoms with Crippen LogP contribution in [0.2, 0.25) is 0 Å². The summed E-state index contributed by atoms with van der Waals surface area (Å²) >= 11 is 0. The normalized spacial score (nSPS) is 11.6. The highest BCUT2D eigenvalue weighted by atomic mass is 31.0. The molecule has 0 saturated carbocycles. The maximum atomic E-state index is 11.6. The summed E-state index contributed by atoms with van der Waals surface area (Å²) < 4.78 is 2.18. The minimum Gasteiger partial charge on any atom is -0.366 e. The smallest absolute Gasteiger partial charge is 0.248 e. The number of carbonyl (C=O) groups excluding carboxylic acids is 1. The Morgan fingerprint density at radius 3 is 2.48 bits per heavy atom. The number of nitrogens with zero attached hydrogens (tertiary/aromatic N) is 2. The van der Waals surface area contributed by atoms with Gasteiger partial charge in [0.05, 0.1) is 11.0 Å². The van der Waals surface area contributed by atoms with Gasteiger partial charge in [-0.2, -0.15) is 0 Å². The van der Waals surface area contributed by atoms with Crippen LogP contribution in [-0.2, 0) is 13.0 Å². The molecule has 0 spiro atoms. The van der Waals surface area contributed by atoms with E-state index in [1.807, 2.05) is 18.2 Å². The second-order valence-electron chi connectivity index (χ2n) is 6.97. The first-order valence-electron chi connectivity index (χ1n) is 9.60. The Kier molecular flexibility index (Phi) is 6.46. The Labute approximate surface area is 174 Å². The monoisotopic (exact) mass is 403 g/mol. The van der Waals surface area contributed by atoms with Gasteiger partial charge >= 0.3 is 0 Å². The van der Waals surface area contributed by atoms with Crippen LogP contribution in [0.4, 0.5) is 0 Å². The van der Waals surface area contributed by atoms with Crippen LogP contribution in [0.25, 0.3) is 16.6 Å². The molecule has 1 amide bonds. The van der Waals surface area contributed by atoms with Gasteiger partial charge in [0.2, 0.25) is 5.91 Å². The number of nitrogens with two attached hydrogens (primary N) is 1. The molecule has 0 saturated heterocycles. The van der Waals surface area contributed by atoms with Gasteiger partial charge in [-0.05, 0) is 46.6 Å². The zero-order valence-corrected chi connectivity index (χ0v) is 17.8. The second kappa shape index (κ2) is 9.02. The van der Waals surface area contributed by atoms with Crippen LogP contribution >= 0.6 is 9.24 Å². The molecule has 3 aromatic rings. The Hall–Kier alpha value is -2.97. The summed E-state index contributed by atoms with van der Waals surface area (Å²) in [7, 11) is 2.64. The van der Waals surface area contributed by atoms with Crippen LogP contribution in [-0.4, -0.2) is 15.5 Å². The quantitative estimate of drug-likeness (QED) is 0.420. The topological polar surface area (TPSA) is 60.9 Å². The van der Waals surface area contributed by atoms with E-state index in [0.717, 1.165) is 51.7 Å². The molecule has 1 heterocycles. The average Bonchev–Trinajstić information content (AvgIpc) is 3.03. The van der Waals surface area contributed by atoms with Crippen molar-refractivity contribution >= 4 is 31.8 Å². The van der Waals surface area contributed by atoms with Crippen molar-refractivity contribution in [1.82, 2.24) is 9.55 Å². The SMILES string of the molecule is C=C/C=C(\C(=C)P)c1ccc(Cn2c(CCC)nc3ccc(C(N)=O)cc32)cc1. The fraction of sp³-hybridized carbons (Fsp3) is 0.167. The molecule has 2 aromatic carbocycles. The molecule has 0 aliphatic carbocycles. The minimum absolute atomic E-state index is 0.430. The predicted molar refractivity (Wildman–Crippen MR) is 125 cm³/mol. The van der Waals surface area contributed by atoms with E-state index >= 15 is 0 Å². The first kappa shape index (κ1) is 20.8. The fourth-order valence-electron chi connectivity index (χ4n) is 3.40. The second-order valence-corrected chi connectivity index (χ2v) is 7.67. The number of aromatic nitrogens is 2. The Morgan fingerprint density at radius 1 is 1.21 bits per heavy atom. The number of imidazole rings is 1. The zero-order valence-electron chi connectivity index (χ0n) is 16.7. The summed E-state index contributed by atoms with van der Waals surface area (Å²) in [6.45, 7) is 10.6. The van der Waals surface area contributed by atoms with Crippen molar-refractivity contribution in [2.45, 2.75) is 26.3 Å². The van der Waals surface area contributed by atoms with Crippen LogP contribution in [0.1, 0.15) is 40.7 Å². The Bertz CT molecular complexity index is 1110. The number of allylic oxidation sites excluding steroid dienone is 4. The molecular formula is C24H26N3OP. The number of hydrogen-bond acceptors (Lipinski definition) is 2. The van der Waals surface area contributed by atoms with E-state index in [4.69, 9.17) is 10.7 Å². The lowest BCUT2D eigenvalue weighted by Crippen LogP contribution is -2.11. The van der Waals surface area contributed by atoms with Gasteiger partial charge in [0.1, 0.15) is 5.82 Å². The highest BCUT2D eigenvalue weighted by molar-refractivity contribution is 7.23. The van der Waals surface area contributed by atoms with Crippen molar-refractivity contribution in [3.8, 4) is 0 Å². The van der Waals surface area contributed by atoms with E-state index in [0.29, 0.717) is 12.1 Å². The molecule has 5 heteroatoms. The van der Waals surface area contributed by atoms with Crippen molar-refractivity contribution in [2.24, 2.45) is 5.73 Å². The molecule has 0 aliphatic heterocycles. The maximum Gasteiger partial charge on any atom is 0.248 e. The number of aryl methyl sites for hydroxylation is 1. The molecule has 1 aromatic heterocycles. The lowest BCUT2D eigenvalue weighted by molar-refractivity contribution is 0.100. The van der Waals surface area contributed by atoms with Gasteiger partial charge in [0, 0.05) is 18.5 Å². The van der Waals surface area contributed by atoms with Crippen LogP contribution in [0.15, 0.2) is 73.1 Å². The molecule has 29 heavy (non-hydrogen) atoms. The van der Waals surface area contributed by atoms with E-state index < -0.39 is 5.91 Å². The lowest BCUT2D eigenvalue weighted by atomic mass is 10.0. The van der Waals surface area contributed by atoms with E-state index in [1.54, 1.807) is 12.1 Å². The summed E-state index contributed by atoms with van der Waals surface area (Å²) in [5.41, 5.74) is 11.1. The van der Waals surface area contributed by atoms with Gasteiger partial charge in [0.15, 0.2) is 0 Å². The van der Waals surface area contributed by atoms with Crippen LogP contribution in [0.5, 0.6) is 0 Å². The van der Waals surface area contributed by atoms with Gasteiger partial charge in [-0.3, -0.25) is 4.79 Å². The number of fused-ring (bicyclic) bond motifs is 1. The summed E-state index contributed by atoms with van der Waals surface area (Å²) in [6, 6.07) is 13.8. The number of benzene rings is 2. The van der Waals surface area contributed by atoms with Crippen molar-refractivity contribution < 1.29 is 4.79 Å². The molecule has 4 nitrogen and oxygen atoms in total. The van der Waals surface area contributed by atoms with Crippen LogP contribution < -0.4 is 5.73 Å². The third-order valence-corrected chi connectivity index (χ3v) is 5.13. The number of hydrogen-bond donors (Lipinski definition) is 1. The van der Waals surface area contributed by atoms with Crippen molar-refractivity contribution in [1.29, 1.82) is 0 Å². The highest BCUT2D eigenvalue weighted by Crippen LogP contribution is 2.27. The van der Waals surface area contributed by atoms with Crippen LogP contribution in [0.3, 0.4) is 0 Å². The minimum atomic E-state index is -0.430. The summed E-state index contributed by atoms with van der Waals surface area (Å²) in [6.07, 6.45) is 5.59. The van der Waals surface area contributed by atoms with Gasteiger partial charge in [-0.1, -0.05) is 56.5 Å². The van der Waals surface area contributed by atoms with Crippen molar-refractivity contribution in [3.63, 3.8) is 0 Å². The maximum absolute atomic E-state index is 11.6. The molecule has 148 valence electrons. The molecule has 1 unspecified atom stereocenters. The first-order chi connectivity index (χ1) is 13.9. The third-order valence-electron chi connectivity index (χ3n) is 4.82. The molecule has 0 radical (unpaired) electrons. The Morgan fingerprint density at radius 2 is 1.90 bits per heavy atom. The van der Waals surface area contributed by atoms with Gasteiger partial charge < -0.3 is 10.3 Å². The number of rotatable bonds is 8. The van der Waals surface area contributed by atoms with E-state index in [9.17, 15) is 4.79 Å². The average molecular weight is 403 g/mol. The molecule has 2 N–H and O–H groups in total. The highest BCUT2D eigenvalue weighted by Gasteiger charge is 2.13. The van der Waals surface area contributed by atoms with Crippen LogP contribution in [0, 0.1) is 0 Å². The zero-order chi connectivity index (χ0) is 21.0. The molecule has 3 rings (SSSR count). The number of amides is 1. The van der Waals surface area contributed by atoms with Gasteiger partial charge in [-0.15, -0.1) is 9.24 Å². The number of carbonyl (C=O) groups is 1. The van der Waals surface area contributed by atoms with Crippen molar-refractivity contribution in [3.05, 3.63) is 95.6 Å². The Balaban J connectivity index is 2.00. The summed E-state index contributed by atoms with van der Waals surface area (Å²) in [4.78, 5) is 16.4. The standard InChI is InChI=1S/C24H26N3OP/c1-4-6-20(16(3)29)18-10-8-17(9-11-18)15-27-22-14-19(24(25)28)12-13-21(22)26-23(27)7-5-2/h4,6,8-14H,1,3,5,7,15,29H2,2H3,(H2,25,28)/b20-6+. The molecule has 1 atom stereocenters. The fourth-order valence-corrected chi connectivity index (χ4v) is 3.66.